The number of benzene rings is 2. The van der Waals surface area contributed by atoms with Crippen molar-refractivity contribution >= 4 is 23.6 Å². The maximum absolute atomic E-state index is 12.3. The van der Waals surface area contributed by atoms with E-state index in [2.05, 4.69) is 24.5 Å². The molecule has 0 fully saturated rings. The topological polar surface area (TPSA) is 76.7 Å². The Kier molecular flexibility index (Phi) is 7.02. The second-order valence-electron chi connectivity index (χ2n) is 5.55. The molecule has 6 nitrogen and oxygen atoms in total. The molecule has 0 saturated heterocycles. The van der Waals surface area contributed by atoms with Crippen molar-refractivity contribution < 1.29 is 19.1 Å². The van der Waals surface area contributed by atoms with Gasteiger partial charge in [0.25, 0.3) is 0 Å². The van der Waals surface area contributed by atoms with Crippen LogP contribution in [0.2, 0.25) is 0 Å². The van der Waals surface area contributed by atoms with Gasteiger partial charge in [0.2, 0.25) is 0 Å². The average Bonchev–Trinajstić information content (AvgIpc) is 2.63. The van der Waals surface area contributed by atoms with Crippen LogP contribution in [-0.2, 0) is 17.6 Å². The Morgan fingerprint density at radius 1 is 0.885 bits per heavy atom. The van der Waals surface area contributed by atoms with Gasteiger partial charge >= 0.3 is 12.2 Å². The summed E-state index contributed by atoms with van der Waals surface area (Å²) in [6.45, 7) is 6.06. The molecule has 0 radical (unpaired) electrons. The second kappa shape index (κ2) is 9.46. The number of amides is 2. The van der Waals surface area contributed by atoms with Gasteiger partial charge in [-0.1, -0.05) is 32.0 Å². The first-order chi connectivity index (χ1) is 12.6. The Balaban J connectivity index is 2.01. The predicted molar refractivity (Wildman–Crippen MR) is 102 cm³/mol. The molecule has 138 valence electrons. The van der Waals surface area contributed by atoms with Crippen LogP contribution in [-0.4, -0.2) is 18.8 Å². The minimum Gasteiger partial charge on any atom is -0.434 e. The van der Waals surface area contributed by atoms with Crippen molar-refractivity contribution in [1.82, 2.24) is 0 Å². The van der Waals surface area contributed by atoms with E-state index in [9.17, 15) is 9.59 Å². The maximum atomic E-state index is 12.3. The van der Waals surface area contributed by atoms with E-state index in [1.165, 1.54) is 0 Å². The maximum Gasteiger partial charge on any atom is 0.513 e. The summed E-state index contributed by atoms with van der Waals surface area (Å²) in [4.78, 5) is 23.6. The summed E-state index contributed by atoms with van der Waals surface area (Å²) < 4.78 is 9.69. The fraction of sp³-hybridized carbons (Fsp3) is 0.300. The van der Waals surface area contributed by atoms with Gasteiger partial charge in [0, 0.05) is 11.4 Å². The number of ether oxygens (including phenoxy) is 2. The minimum absolute atomic E-state index is 0.248. The lowest BCUT2D eigenvalue weighted by Gasteiger charge is -2.15. The molecule has 2 N–H and O–H groups in total. The zero-order valence-corrected chi connectivity index (χ0v) is 15.3. The zero-order chi connectivity index (χ0) is 18.9. The highest BCUT2D eigenvalue weighted by Crippen LogP contribution is 2.23. The smallest absolute Gasteiger partial charge is 0.434 e. The highest BCUT2D eigenvalue weighted by molar-refractivity contribution is 6.00. The number of rotatable bonds is 6. The van der Waals surface area contributed by atoms with Crippen LogP contribution < -0.4 is 15.4 Å². The predicted octanol–water partition coefficient (Wildman–Crippen LogP) is 4.99. The van der Waals surface area contributed by atoms with Crippen LogP contribution in [0.3, 0.4) is 0 Å². The molecule has 0 unspecified atom stereocenters. The van der Waals surface area contributed by atoms with Crippen LogP contribution in [0, 0.1) is 0 Å². The standard InChI is InChI=1S/C20H24N2O4/c1-4-14-8-7-9-15(5-2)18(14)22-19(23)21-16-10-12-17(13-11-16)26-20(24)25-6-3/h7-13H,4-6H2,1-3H3,(H2,21,22,23). The molecular formula is C20H24N2O4. The van der Waals surface area contributed by atoms with E-state index in [4.69, 9.17) is 9.47 Å². The van der Waals surface area contributed by atoms with Crippen LogP contribution in [0.1, 0.15) is 31.9 Å². The highest BCUT2D eigenvalue weighted by atomic mass is 16.7. The summed E-state index contributed by atoms with van der Waals surface area (Å²) in [5.41, 5.74) is 3.64. The van der Waals surface area contributed by atoms with Gasteiger partial charge in [-0.15, -0.1) is 0 Å². The van der Waals surface area contributed by atoms with Crippen molar-refractivity contribution in [2.45, 2.75) is 33.6 Å². The van der Waals surface area contributed by atoms with Gasteiger partial charge in [-0.2, -0.15) is 0 Å². The van der Waals surface area contributed by atoms with Crippen molar-refractivity contribution in [2.24, 2.45) is 0 Å². The average molecular weight is 356 g/mol. The van der Waals surface area contributed by atoms with Crippen LogP contribution in [0.5, 0.6) is 5.75 Å². The number of hydrogen-bond donors (Lipinski definition) is 2. The van der Waals surface area contributed by atoms with Crippen LogP contribution in [0.15, 0.2) is 42.5 Å². The largest absolute Gasteiger partial charge is 0.513 e. The number of aryl methyl sites for hydroxylation is 2. The molecule has 0 heterocycles. The van der Waals surface area contributed by atoms with E-state index in [-0.39, 0.29) is 12.6 Å². The number of nitrogens with one attached hydrogen (secondary N) is 2. The summed E-state index contributed by atoms with van der Waals surface area (Å²) in [5, 5.41) is 5.71. The molecule has 0 bridgehead atoms. The van der Waals surface area contributed by atoms with E-state index < -0.39 is 6.16 Å². The third-order valence-corrected chi connectivity index (χ3v) is 3.81. The Bertz CT molecular complexity index is 735. The normalized spacial score (nSPS) is 10.1. The fourth-order valence-electron chi connectivity index (χ4n) is 2.53. The van der Waals surface area contributed by atoms with Gasteiger partial charge in [0.05, 0.1) is 6.61 Å². The van der Waals surface area contributed by atoms with E-state index in [1.807, 2.05) is 18.2 Å². The third-order valence-electron chi connectivity index (χ3n) is 3.81. The summed E-state index contributed by atoms with van der Waals surface area (Å²) >= 11 is 0. The van der Waals surface area contributed by atoms with Gasteiger partial charge in [-0.3, -0.25) is 0 Å². The molecule has 0 aliphatic heterocycles. The first kappa shape index (κ1) is 19.3. The number of para-hydroxylation sites is 1. The van der Waals surface area contributed by atoms with Gasteiger partial charge in [0.1, 0.15) is 5.75 Å². The van der Waals surface area contributed by atoms with Crippen molar-refractivity contribution in [3.05, 3.63) is 53.6 Å². The molecule has 0 spiro atoms. The summed E-state index contributed by atoms with van der Waals surface area (Å²) in [6.07, 6.45) is 0.918. The fourth-order valence-corrected chi connectivity index (χ4v) is 2.53. The molecule has 0 aromatic heterocycles. The number of carbonyl (C=O) groups is 2. The summed E-state index contributed by atoms with van der Waals surface area (Å²) in [7, 11) is 0. The Labute approximate surface area is 153 Å². The van der Waals surface area contributed by atoms with E-state index >= 15 is 0 Å². The lowest BCUT2D eigenvalue weighted by molar-refractivity contribution is 0.104. The lowest BCUT2D eigenvalue weighted by Crippen LogP contribution is -2.21. The first-order valence-electron chi connectivity index (χ1n) is 8.70. The second-order valence-corrected chi connectivity index (χ2v) is 5.55. The van der Waals surface area contributed by atoms with E-state index in [0.29, 0.717) is 11.4 Å². The van der Waals surface area contributed by atoms with Gasteiger partial charge in [-0.05, 0) is 55.2 Å². The zero-order valence-electron chi connectivity index (χ0n) is 15.3. The molecule has 26 heavy (non-hydrogen) atoms. The third kappa shape index (κ3) is 5.24. The molecule has 2 aromatic carbocycles. The summed E-state index contributed by atoms with van der Waals surface area (Å²) in [5.74, 6) is 0.346. The van der Waals surface area contributed by atoms with E-state index in [1.54, 1.807) is 31.2 Å². The lowest BCUT2D eigenvalue weighted by atomic mass is 10.0. The number of anilines is 2. The van der Waals surface area contributed by atoms with Gasteiger partial charge in [0.15, 0.2) is 0 Å². The Hall–Kier alpha value is -3.02. The molecular weight excluding hydrogens is 332 g/mol. The quantitative estimate of drug-likeness (QED) is 0.565. The SMILES string of the molecule is CCOC(=O)Oc1ccc(NC(=O)Nc2c(CC)cccc2CC)cc1. The molecule has 2 amide bonds. The van der Waals surface area contributed by atoms with Crippen molar-refractivity contribution in [1.29, 1.82) is 0 Å². The molecule has 2 rings (SSSR count). The number of hydrogen-bond acceptors (Lipinski definition) is 4. The molecule has 0 atom stereocenters. The first-order valence-corrected chi connectivity index (χ1v) is 8.70. The number of carbonyl (C=O) groups excluding carboxylic acids is 2. The monoisotopic (exact) mass is 356 g/mol. The van der Waals surface area contributed by atoms with Crippen molar-refractivity contribution in [3.63, 3.8) is 0 Å². The Morgan fingerprint density at radius 2 is 1.50 bits per heavy atom. The van der Waals surface area contributed by atoms with Crippen LogP contribution in [0.25, 0.3) is 0 Å². The number of urea groups is 1. The van der Waals surface area contributed by atoms with E-state index in [0.717, 1.165) is 29.7 Å². The van der Waals surface area contributed by atoms with Crippen molar-refractivity contribution in [3.8, 4) is 5.75 Å². The minimum atomic E-state index is -0.755. The van der Waals surface area contributed by atoms with Gasteiger partial charge < -0.3 is 20.1 Å². The van der Waals surface area contributed by atoms with Crippen molar-refractivity contribution in [2.75, 3.05) is 17.2 Å². The molecule has 2 aromatic rings. The molecule has 0 aliphatic carbocycles. The highest BCUT2D eigenvalue weighted by Gasteiger charge is 2.10. The van der Waals surface area contributed by atoms with Gasteiger partial charge in [-0.25, -0.2) is 9.59 Å². The molecule has 0 saturated carbocycles. The van der Waals surface area contributed by atoms with Crippen LogP contribution in [0.4, 0.5) is 21.0 Å². The molecule has 6 heteroatoms. The summed E-state index contributed by atoms with van der Waals surface area (Å²) in [6, 6.07) is 12.2. The Morgan fingerprint density at radius 3 is 2.04 bits per heavy atom. The molecule has 0 aliphatic rings. The van der Waals surface area contributed by atoms with Crippen LogP contribution >= 0.6 is 0 Å².